The van der Waals surface area contributed by atoms with Crippen molar-refractivity contribution in [3.8, 4) is 0 Å². The van der Waals surface area contributed by atoms with E-state index >= 15 is 0 Å². The third kappa shape index (κ3) is 3.75. The number of hydrogen-bond acceptors (Lipinski definition) is 4. The smallest absolute Gasteiger partial charge is 0.237 e. The summed E-state index contributed by atoms with van der Waals surface area (Å²) in [5.74, 6) is 0.997. The van der Waals surface area contributed by atoms with Gasteiger partial charge in [0.1, 0.15) is 11.9 Å². The van der Waals surface area contributed by atoms with Gasteiger partial charge in [-0.25, -0.2) is 4.98 Å². The SMILES string of the molecule is C[C@@H](C(=O)N[C@H]1CCO[C@@H]1c1nccn1C)N1CCCCCC1. The number of rotatable bonds is 4. The first-order chi connectivity index (χ1) is 11.2. The molecular weight excluding hydrogens is 292 g/mol. The van der Waals surface area contributed by atoms with Gasteiger partial charge < -0.3 is 14.6 Å². The Balaban J connectivity index is 1.61. The summed E-state index contributed by atoms with van der Waals surface area (Å²) in [6.07, 6.45) is 9.34. The van der Waals surface area contributed by atoms with E-state index in [0.717, 1.165) is 25.3 Å². The van der Waals surface area contributed by atoms with Crippen molar-refractivity contribution in [3.05, 3.63) is 18.2 Å². The van der Waals surface area contributed by atoms with E-state index in [1.54, 1.807) is 6.20 Å². The van der Waals surface area contributed by atoms with E-state index in [-0.39, 0.29) is 24.1 Å². The summed E-state index contributed by atoms with van der Waals surface area (Å²) in [6, 6.07) is -0.0613. The highest BCUT2D eigenvalue weighted by molar-refractivity contribution is 5.81. The molecule has 1 amide bonds. The number of amides is 1. The Kier molecular flexibility index (Phi) is 5.33. The summed E-state index contributed by atoms with van der Waals surface area (Å²) in [4.78, 5) is 19.4. The standard InChI is InChI=1S/C17H28N4O2/c1-13(21-9-5-3-4-6-10-21)17(22)19-14-7-12-23-15(14)16-18-8-11-20(16)2/h8,11,13-15H,3-7,9-10,12H2,1-2H3,(H,19,22)/t13-,14-,15-/m0/s1. The third-order valence-electron chi connectivity index (χ3n) is 5.10. The first-order valence-electron chi connectivity index (χ1n) is 8.80. The topological polar surface area (TPSA) is 59.4 Å². The lowest BCUT2D eigenvalue weighted by Gasteiger charge is -2.28. The first-order valence-corrected chi connectivity index (χ1v) is 8.80. The number of aryl methyl sites for hydroxylation is 1. The number of hydrogen-bond donors (Lipinski definition) is 1. The highest BCUT2D eigenvalue weighted by atomic mass is 16.5. The summed E-state index contributed by atoms with van der Waals surface area (Å²) in [5, 5.41) is 3.20. The lowest BCUT2D eigenvalue weighted by molar-refractivity contribution is -0.127. The van der Waals surface area contributed by atoms with E-state index in [0.29, 0.717) is 6.61 Å². The molecule has 128 valence electrons. The largest absolute Gasteiger partial charge is 0.368 e. The molecule has 0 radical (unpaired) electrons. The van der Waals surface area contributed by atoms with Crippen LogP contribution < -0.4 is 5.32 Å². The predicted octanol–water partition coefficient (Wildman–Crippen LogP) is 1.63. The quantitative estimate of drug-likeness (QED) is 0.916. The highest BCUT2D eigenvalue weighted by Crippen LogP contribution is 2.28. The molecule has 3 heterocycles. The minimum atomic E-state index is -0.143. The van der Waals surface area contributed by atoms with Crippen LogP contribution in [0.25, 0.3) is 0 Å². The molecule has 0 unspecified atom stereocenters. The summed E-state index contributed by atoms with van der Waals surface area (Å²) < 4.78 is 7.79. The van der Waals surface area contributed by atoms with Crippen LogP contribution in [-0.4, -0.2) is 52.1 Å². The molecule has 2 fully saturated rings. The Morgan fingerprint density at radius 3 is 2.74 bits per heavy atom. The number of aromatic nitrogens is 2. The van der Waals surface area contributed by atoms with Crippen LogP contribution in [0.15, 0.2) is 12.4 Å². The van der Waals surface area contributed by atoms with Gasteiger partial charge in [0.05, 0.1) is 12.1 Å². The Hall–Kier alpha value is -1.40. The molecule has 0 saturated carbocycles. The number of ether oxygens (including phenoxy) is 1. The monoisotopic (exact) mass is 320 g/mol. The lowest BCUT2D eigenvalue weighted by atomic mass is 10.1. The van der Waals surface area contributed by atoms with Crippen LogP contribution in [0.3, 0.4) is 0 Å². The fraction of sp³-hybridized carbons (Fsp3) is 0.765. The highest BCUT2D eigenvalue weighted by Gasteiger charge is 2.35. The average Bonchev–Trinajstić information content (AvgIpc) is 3.06. The van der Waals surface area contributed by atoms with Crippen LogP contribution in [0.5, 0.6) is 0 Å². The van der Waals surface area contributed by atoms with Crippen molar-refractivity contribution in [3.63, 3.8) is 0 Å². The molecule has 3 rings (SSSR count). The second kappa shape index (κ2) is 7.45. The van der Waals surface area contributed by atoms with Crippen molar-refractivity contribution in [2.75, 3.05) is 19.7 Å². The van der Waals surface area contributed by atoms with Crippen molar-refractivity contribution in [1.29, 1.82) is 0 Å². The molecule has 6 nitrogen and oxygen atoms in total. The van der Waals surface area contributed by atoms with Gasteiger partial charge in [0.15, 0.2) is 0 Å². The molecule has 1 aromatic rings. The van der Waals surface area contributed by atoms with Crippen molar-refractivity contribution < 1.29 is 9.53 Å². The molecule has 2 aliphatic heterocycles. The molecule has 2 aliphatic rings. The predicted molar refractivity (Wildman–Crippen MR) is 88.0 cm³/mol. The third-order valence-corrected chi connectivity index (χ3v) is 5.10. The molecule has 6 heteroatoms. The van der Waals surface area contributed by atoms with Crippen LogP contribution in [0.1, 0.15) is 51.0 Å². The molecule has 23 heavy (non-hydrogen) atoms. The van der Waals surface area contributed by atoms with Gasteiger partial charge in [-0.05, 0) is 39.3 Å². The van der Waals surface area contributed by atoms with Gasteiger partial charge in [-0.2, -0.15) is 0 Å². The van der Waals surface area contributed by atoms with Crippen LogP contribution in [-0.2, 0) is 16.6 Å². The first kappa shape index (κ1) is 16.5. The van der Waals surface area contributed by atoms with Gasteiger partial charge in [-0.1, -0.05) is 12.8 Å². The molecule has 0 aromatic carbocycles. The molecule has 3 atom stereocenters. The van der Waals surface area contributed by atoms with E-state index in [2.05, 4.69) is 15.2 Å². The number of likely N-dealkylation sites (tertiary alicyclic amines) is 1. The van der Waals surface area contributed by atoms with Gasteiger partial charge in [0, 0.05) is 26.0 Å². The summed E-state index contributed by atoms with van der Waals surface area (Å²) in [5.41, 5.74) is 0. The molecule has 0 aliphatic carbocycles. The molecule has 0 spiro atoms. The van der Waals surface area contributed by atoms with Crippen molar-refractivity contribution in [2.45, 2.75) is 57.2 Å². The molecule has 1 N–H and O–H groups in total. The maximum Gasteiger partial charge on any atom is 0.237 e. The fourth-order valence-corrected chi connectivity index (χ4v) is 3.59. The molecule has 2 saturated heterocycles. The van der Waals surface area contributed by atoms with Crippen LogP contribution >= 0.6 is 0 Å². The van der Waals surface area contributed by atoms with Gasteiger partial charge in [-0.15, -0.1) is 0 Å². The van der Waals surface area contributed by atoms with Gasteiger partial charge in [-0.3, -0.25) is 9.69 Å². The van der Waals surface area contributed by atoms with Crippen LogP contribution in [0.4, 0.5) is 0 Å². The van der Waals surface area contributed by atoms with E-state index in [4.69, 9.17) is 4.74 Å². The Morgan fingerprint density at radius 1 is 1.35 bits per heavy atom. The van der Waals surface area contributed by atoms with E-state index < -0.39 is 0 Å². The zero-order valence-corrected chi connectivity index (χ0v) is 14.2. The van der Waals surface area contributed by atoms with E-state index in [9.17, 15) is 4.79 Å². The maximum atomic E-state index is 12.7. The Morgan fingerprint density at radius 2 is 2.09 bits per heavy atom. The minimum Gasteiger partial charge on any atom is -0.368 e. The normalized spacial score (nSPS) is 27.6. The van der Waals surface area contributed by atoms with Crippen molar-refractivity contribution in [1.82, 2.24) is 19.8 Å². The molecular formula is C17H28N4O2. The number of nitrogens with one attached hydrogen (secondary N) is 1. The number of nitrogens with zero attached hydrogens (tertiary/aromatic N) is 3. The number of carbonyl (C=O) groups excluding carboxylic acids is 1. The second-order valence-corrected chi connectivity index (χ2v) is 6.72. The van der Waals surface area contributed by atoms with E-state index in [1.807, 2.05) is 24.7 Å². The zero-order valence-electron chi connectivity index (χ0n) is 14.2. The molecule has 1 aromatic heterocycles. The minimum absolute atomic E-state index is 0.0121. The Bertz CT molecular complexity index is 522. The average molecular weight is 320 g/mol. The zero-order chi connectivity index (χ0) is 16.2. The lowest BCUT2D eigenvalue weighted by Crippen LogP contribution is -2.49. The molecule has 0 bridgehead atoms. The van der Waals surface area contributed by atoms with Gasteiger partial charge in [0.25, 0.3) is 0 Å². The van der Waals surface area contributed by atoms with Gasteiger partial charge in [0.2, 0.25) is 5.91 Å². The number of imidazole rings is 1. The van der Waals surface area contributed by atoms with Crippen molar-refractivity contribution >= 4 is 5.91 Å². The summed E-state index contributed by atoms with van der Waals surface area (Å²) in [7, 11) is 1.96. The number of carbonyl (C=O) groups is 1. The van der Waals surface area contributed by atoms with Crippen molar-refractivity contribution in [2.24, 2.45) is 7.05 Å². The van der Waals surface area contributed by atoms with Gasteiger partial charge >= 0.3 is 0 Å². The maximum absolute atomic E-state index is 12.7. The summed E-state index contributed by atoms with van der Waals surface area (Å²) >= 11 is 0. The summed E-state index contributed by atoms with van der Waals surface area (Å²) in [6.45, 7) is 4.74. The van der Waals surface area contributed by atoms with E-state index in [1.165, 1.54) is 25.7 Å². The van der Waals surface area contributed by atoms with Crippen LogP contribution in [0, 0.1) is 0 Å². The van der Waals surface area contributed by atoms with Crippen LogP contribution in [0.2, 0.25) is 0 Å². The Labute approximate surface area is 138 Å². The second-order valence-electron chi connectivity index (χ2n) is 6.72. The fourth-order valence-electron chi connectivity index (χ4n) is 3.59.